The Morgan fingerprint density at radius 3 is 2.45 bits per heavy atom. The van der Waals surface area contributed by atoms with Crippen molar-refractivity contribution in [2.75, 3.05) is 12.8 Å². The second kappa shape index (κ2) is 5.32. The molecule has 0 atom stereocenters. The maximum atomic E-state index is 10.8. The molecule has 0 aliphatic rings. The zero-order valence-corrected chi connectivity index (χ0v) is 7.82. The second-order valence-corrected chi connectivity index (χ2v) is 4.24. The maximum Gasteiger partial charge on any atom is 0.211 e. The Bertz CT molecular complexity index is 206. The van der Waals surface area contributed by atoms with Gasteiger partial charge in [-0.25, -0.2) is 13.1 Å². The summed E-state index contributed by atoms with van der Waals surface area (Å²) in [6.45, 7) is 2.02. The van der Waals surface area contributed by atoms with Crippen LogP contribution in [-0.4, -0.2) is 21.2 Å². The average Bonchev–Trinajstić information content (AvgIpc) is 1.99. The first kappa shape index (κ1) is 10.7. The standard InChI is InChI=1S/C7H15NO2S/c1-3-4-5-6-7-11(9,10)8-2/h4-5,8H,3,6-7H2,1-2H3/b5-4-. The van der Waals surface area contributed by atoms with E-state index in [-0.39, 0.29) is 5.75 Å². The zero-order chi connectivity index (χ0) is 8.74. The van der Waals surface area contributed by atoms with Gasteiger partial charge in [0.05, 0.1) is 5.75 Å². The van der Waals surface area contributed by atoms with Crippen molar-refractivity contribution >= 4 is 10.0 Å². The lowest BCUT2D eigenvalue weighted by molar-refractivity contribution is 0.588. The maximum absolute atomic E-state index is 10.8. The first-order valence-electron chi connectivity index (χ1n) is 3.68. The summed E-state index contributed by atoms with van der Waals surface area (Å²) in [6.07, 6.45) is 5.40. The average molecular weight is 177 g/mol. The lowest BCUT2D eigenvalue weighted by Crippen LogP contribution is -2.21. The Balaban J connectivity index is 3.63. The van der Waals surface area contributed by atoms with Crippen molar-refractivity contribution < 1.29 is 8.42 Å². The number of rotatable bonds is 5. The number of hydrogen-bond acceptors (Lipinski definition) is 2. The lowest BCUT2D eigenvalue weighted by atomic mass is 10.4. The molecule has 3 nitrogen and oxygen atoms in total. The van der Waals surface area contributed by atoms with E-state index in [1.54, 1.807) is 0 Å². The van der Waals surface area contributed by atoms with Gasteiger partial charge in [0, 0.05) is 0 Å². The summed E-state index contributed by atoms with van der Waals surface area (Å²) in [6, 6.07) is 0. The van der Waals surface area contributed by atoms with Gasteiger partial charge >= 0.3 is 0 Å². The van der Waals surface area contributed by atoms with Crippen molar-refractivity contribution in [2.24, 2.45) is 0 Å². The lowest BCUT2D eigenvalue weighted by Gasteiger charge is -1.97. The molecule has 0 spiro atoms. The van der Waals surface area contributed by atoms with E-state index in [1.807, 2.05) is 19.1 Å². The first-order chi connectivity index (χ1) is 5.12. The van der Waals surface area contributed by atoms with Crippen LogP contribution in [0.15, 0.2) is 12.2 Å². The zero-order valence-electron chi connectivity index (χ0n) is 7.00. The number of allylic oxidation sites excluding steroid dienone is 2. The molecule has 0 aromatic rings. The third-order valence-electron chi connectivity index (χ3n) is 1.27. The van der Waals surface area contributed by atoms with Crippen LogP contribution in [0, 0.1) is 0 Å². The smallest absolute Gasteiger partial charge is 0.211 e. The van der Waals surface area contributed by atoms with Crippen molar-refractivity contribution in [3.63, 3.8) is 0 Å². The number of nitrogens with one attached hydrogen (secondary N) is 1. The molecule has 1 N–H and O–H groups in total. The predicted octanol–water partition coefficient (Wildman–Crippen LogP) is 0.892. The van der Waals surface area contributed by atoms with E-state index >= 15 is 0 Å². The minimum atomic E-state index is -3.00. The van der Waals surface area contributed by atoms with Crippen molar-refractivity contribution in [2.45, 2.75) is 19.8 Å². The first-order valence-corrected chi connectivity index (χ1v) is 5.34. The molecule has 66 valence electrons. The largest absolute Gasteiger partial charge is 0.218 e. The molecule has 0 unspecified atom stereocenters. The van der Waals surface area contributed by atoms with E-state index in [0.717, 1.165) is 6.42 Å². The van der Waals surface area contributed by atoms with Crippen LogP contribution < -0.4 is 4.72 Å². The van der Waals surface area contributed by atoms with E-state index in [1.165, 1.54) is 7.05 Å². The SMILES string of the molecule is CC/C=C\CCS(=O)(=O)NC. The quantitative estimate of drug-likeness (QED) is 0.634. The summed E-state index contributed by atoms with van der Waals surface area (Å²) >= 11 is 0. The Hall–Kier alpha value is -0.350. The molecule has 0 fully saturated rings. The Kier molecular flexibility index (Phi) is 5.15. The Morgan fingerprint density at radius 1 is 1.36 bits per heavy atom. The van der Waals surface area contributed by atoms with Gasteiger partial charge in [-0.1, -0.05) is 19.1 Å². The fourth-order valence-electron chi connectivity index (χ4n) is 0.610. The monoisotopic (exact) mass is 177 g/mol. The van der Waals surface area contributed by atoms with Crippen LogP contribution in [0.5, 0.6) is 0 Å². The highest BCUT2D eigenvalue weighted by molar-refractivity contribution is 7.89. The van der Waals surface area contributed by atoms with Crippen LogP contribution in [0.3, 0.4) is 0 Å². The molecular formula is C7H15NO2S. The molecule has 0 radical (unpaired) electrons. The van der Waals surface area contributed by atoms with Crippen LogP contribution in [0.1, 0.15) is 19.8 Å². The van der Waals surface area contributed by atoms with Crippen LogP contribution in [0.2, 0.25) is 0 Å². The van der Waals surface area contributed by atoms with Gasteiger partial charge in [0.2, 0.25) is 10.0 Å². The van der Waals surface area contributed by atoms with Gasteiger partial charge in [-0.15, -0.1) is 0 Å². The molecule has 4 heteroatoms. The summed E-state index contributed by atoms with van der Waals surface area (Å²) < 4.78 is 23.9. The normalized spacial score (nSPS) is 12.5. The molecule has 0 aliphatic carbocycles. The minimum Gasteiger partial charge on any atom is -0.218 e. The molecule has 11 heavy (non-hydrogen) atoms. The Labute approximate surface area is 68.5 Å². The summed E-state index contributed by atoms with van der Waals surface area (Å²) in [7, 11) is -1.57. The molecule has 0 heterocycles. The van der Waals surface area contributed by atoms with Gasteiger partial charge in [-0.05, 0) is 19.9 Å². The molecule has 0 aromatic carbocycles. The number of hydrogen-bond donors (Lipinski definition) is 1. The van der Waals surface area contributed by atoms with Gasteiger partial charge in [0.15, 0.2) is 0 Å². The van der Waals surface area contributed by atoms with Gasteiger partial charge in [-0.2, -0.15) is 0 Å². The van der Waals surface area contributed by atoms with Crippen molar-refractivity contribution in [1.82, 2.24) is 4.72 Å². The Morgan fingerprint density at radius 2 is 2.00 bits per heavy atom. The van der Waals surface area contributed by atoms with Gasteiger partial charge in [0.25, 0.3) is 0 Å². The molecular weight excluding hydrogens is 162 g/mol. The molecule has 0 aliphatic heterocycles. The summed E-state index contributed by atoms with van der Waals surface area (Å²) in [5.41, 5.74) is 0. The highest BCUT2D eigenvalue weighted by Gasteiger charge is 2.02. The van der Waals surface area contributed by atoms with E-state index < -0.39 is 10.0 Å². The fourth-order valence-corrected chi connectivity index (χ4v) is 1.26. The van der Waals surface area contributed by atoms with Crippen molar-refractivity contribution in [1.29, 1.82) is 0 Å². The third kappa shape index (κ3) is 6.06. The van der Waals surface area contributed by atoms with Crippen LogP contribution in [0.25, 0.3) is 0 Å². The fraction of sp³-hybridized carbons (Fsp3) is 0.714. The van der Waals surface area contributed by atoms with Gasteiger partial charge < -0.3 is 0 Å². The van der Waals surface area contributed by atoms with Gasteiger partial charge in [0.1, 0.15) is 0 Å². The minimum absolute atomic E-state index is 0.181. The van der Waals surface area contributed by atoms with Crippen molar-refractivity contribution in [3.8, 4) is 0 Å². The molecule has 0 saturated carbocycles. The van der Waals surface area contributed by atoms with Crippen molar-refractivity contribution in [3.05, 3.63) is 12.2 Å². The molecule has 0 amide bonds. The van der Waals surface area contributed by atoms with E-state index in [9.17, 15) is 8.42 Å². The highest BCUT2D eigenvalue weighted by Crippen LogP contribution is 1.91. The van der Waals surface area contributed by atoms with Gasteiger partial charge in [-0.3, -0.25) is 0 Å². The van der Waals surface area contributed by atoms with E-state index in [0.29, 0.717) is 6.42 Å². The highest BCUT2D eigenvalue weighted by atomic mass is 32.2. The van der Waals surface area contributed by atoms with Crippen LogP contribution in [-0.2, 0) is 10.0 Å². The predicted molar refractivity (Wildman–Crippen MR) is 46.9 cm³/mol. The topological polar surface area (TPSA) is 46.2 Å². The third-order valence-corrected chi connectivity index (χ3v) is 2.66. The van der Waals surface area contributed by atoms with Crippen LogP contribution in [0.4, 0.5) is 0 Å². The summed E-state index contributed by atoms with van der Waals surface area (Å²) in [5, 5.41) is 0. The second-order valence-electron chi connectivity index (χ2n) is 2.19. The van der Waals surface area contributed by atoms with E-state index in [2.05, 4.69) is 4.72 Å². The van der Waals surface area contributed by atoms with E-state index in [4.69, 9.17) is 0 Å². The summed E-state index contributed by atoms with van der Waals surface area (Å²) in [4.78, 5) is 0. The number of sulfonamides is 1. The molecule has 0 saturated heterocycles. The summed E-state index contributed by atoms with van der Waals surface area (Å²) in [5.74, 6) is 0.181. The molecule has 0 rings (SSSR count). The molecule has 0 aromatic heterocycles. The van der Waals surface area contributed by atoms with Crippen LogP contribution >= 0.6 is 0 Å². The molecule has 0 bridgehead atoms.